The lowest BCUT2D eigenvalue weighted by molar-refractivity contribution is -0.401. The second-order valence-electron chi connectivity index (χ2n) is 11.3. The van der Waals surface area contributed by atoms with Gasteiger partial charge >= 0.3 is 0 Å². The highest BCUT2D eigenvalue weighted by atomic mass is 15.0. The fourth-order valence-electron chi connectivity index (χ4n) is 6.15. The van der Waals surface area contributed by atoms with Crippen molar-refractivity contribution in [1.82, 2.24) is 9.13 Å². The standard InChI is InChI=1S/C42H30N4/c1-3-15-33(16-4-1)43-39-25-27-45(41-23-9-7-21-37(39)41)35-19-11-13-31(29-35)32-14-12-20-36(30-32)46-28-26-40(38-22-8-10-24-42(38)46)44-34-17-5-2-6-18-34/h1-30H/p+2. The first-order valence-electron chi connectivity index (χ1n) is 15.5. The average molecular weight is 593 g/mol. The fraction of sp³-hybridized carbons (Fsp3) is 0. The molecule has 2 aromatic heterocycles. The Morgan fingerprint density at radius 2 is 0.761 bits per heavy atom. The molecule has 0 atom stereocenters. The van der Waals surface area contributed by atoms with Gasteiger partial charge in [-0.25, -0.2) is 9.98 Å². The summed E-state index contributed by atoms with van der Waals surface area (Å²) >= 11 is 0. The van der Waals surface area contributed by atoms with Gasteiger partial charge in [0.15, 0.2) is 0 Å². The number of rotatable bonds is 5. The Kier molecular flexibility index (Phi) is 7.14. The molecule has 46 heavy (non-hydrogen) atoms. The molecule has 218 valence electrons. The van der Waals surface area contributed by atoms with Crippen molar-refractivity contribution in [3.63, 3.8) is 0 Å². The van der Waals surface area contributed by atoms with Gasteiger partial charge in [0.2, 0.25) is 22.1 Å². The highest BCUT2D eigenvalue weighted by Gasteiger charge is 2.10. The molecule has 0 aliphatic heterocycles. The van der Waals surface area contributed by atoms with E-state index in [0.29, 0.717) is 0 Å². The molecule has 0 saturated carbocycles. The minimum atomic E-state index is 1.07. The Bertz CT molecular complexity index is 2300. The van der Waals surface area contributed by atoms with E-state index in [1.807, 2.05) is 36.4 Å². The van der Waals surface area contributed by atoms with Crippen molar-refractivity contribution in [3.05, 3.63) is 193 Å². The van der Waals surface area contributed by atoms with Crippen molar-refractivity contribution in [2.75, 3.05) is 0 Å². The number of nitrogens with zero attached hydrogens (tertiary/aromatic N) is 2. The second kappa shape index (κ2) is 12.0. The molecular weight excluding hydrogens is 560 g/mol. The molecule has 0 saturated heterocycles. The zero-order chi connectivity index (χ0) is 30.7. The van der Waals surface area contributed by atoms with Crippen molar-refractivity contribution in [2.45, 2.75) is 0 Å². The zero-order valence-corrected chi connectivity index (χ0v) is 25.2. The van der Waals surface area contributed by atoms with Crippen LogP contribution in [0, 0.1) is 0 Å². The van der Waals surface area contributed by atoms with Crippen LogP contribution >= 0.6 is 0 Å². The van der Waals surface area contributed by atoms with Crippen LogP contribution in [0.2, 0.25) is 0 Å². The first-order chi connectivity index (χ1) is 22.8. The van der Waals surface area contributed by atoms with Crippen molar-refractivity contribution in [1.29, 1.82) is 0 Å². The van der Waals surface area contributed by atoms with Crippen LogP contribution in [0.15, 0.2) is 182 Å². The topological polar surface area (TPSA) is 37.8 Å². The number of para-hydroxylation sites is 4. The molecular formula is C42H32N4+2. The summed E-state index contributed by atoms with van der Waals surface area (Å²) in [5.74, 6) is 0. The number of nitrogens with one attached hydrogen (secondary N) is 2. The number of pyridine rings is 2. The summed E-state index contributed by atoms with van der Waals surface area (Å²) in [4.78, 5) is 7.19. The third-order valence-corrected chi connectivity index (χ3v) is 8.38. The van der Waals surface area contributed by atoms with Gasteiger partial charge in [0.1, 0.15) is 0 Å². The van der Waals surface area contributed by atoms with E-state index in [1.165, 1.54) is 0 Å². The molecule has 2 N–H and O–H groups in total. The quantitative estimate of drug-likeness (QED) is 0.251. The third-order valence-electron chi connectivity index (χ3n) is 8.38. The highest BCUT2D eigenvalue weighted by Crippen LogP contribution is 2.27. The monoisotopic (exact) mass is 592 g/mol. The van der Waals surface area contributed by atoms with Gasteiger partial charge in [-0.1, -0.05) is 84.9 Å². The summed E-state index contributed by atoms with van der Waals surface area (Å²) in [7, 11) is 0. The van der Waals surface area contributed by atoms with Crippen LogP contribution in [-0.2, 0) is 0 Å². The lowest BCUT2D eigenvalue weighted by Gasteiger charge is -2.14. The highest BCUT2D eigenvalue weighted by molar-refractivity contribution is 5.82. The molecule has 0 spiro atoms. The summed E-state index contributed by atoms with van der Waals surface area (Å²) in [6.07, 6.45) is 4.30. The minimum absolute atomic E-state index is 1.07. The zero-order valence-electron chi connectivity index (χ0n) is 25.2. The molecule has 8 rings (SSSR count). The first kappa shape index (κ1) is 27.3. The summed E-state index contributed by atoms with van der Waals surface area (Å²) in [5.41, 5.74) is 8.96. The van der Waals surface area contributed by atoms with Crippen molar-refractivity contribution >= 4 is 33.2 Å². The Hall–Kier alpha value is -6.26. The Morgan fingerprint density at radius 3 is 1.22 bits per heavy atom. The van der Waals surface area contributed by atoms with Crippen LogP contribution in [0.4, 0.5) is 11.4 Å². The van der Waals surface area contributed by atoms with E-state index < -0.39 is 0 Å². The van der Waals surface area contributed by atoms with E-state index in [9.17, 15) is 0 Å². The molecule has 0 aliphatic rings. The number of hydrogen-bond donors (Lipinski definition) is 2. The van der Waals surface area contributed by atoms with Crippen molar-refractivity contribution in [3.8, 4) is 22.5 Å². The normalized spacial score (nSPS) is 12.2. The van der Waals surface area contributed by atoms with Crippen LogP contribution in [0.3, 0.4) is 0 Å². The van der Waals surface area contributed by atoms with E-state index in [4.69, 9.17) is 0 Å². The average Bonchev–Trinajstić information content (AvgIpc) is 3.13. The molecule has 0 radical (unpaired) electrons. The maximum atomic E-state index is 3.59. The summed E-state index contributed by atoms with van der Waals surface area (Å²) in [6, 6.07) is 59.5. The van der Waals surface area contributed by atoms with Gasteiger partial charge in [-0.15, -0.1) is 0 Å². The third kappa shape index (κ3) is 5.33. The van der Waals surface area contributed by atoms with Crippen LogP contribution < -0.4 is 20.7 Å². The SMILES string of the molecule is c1ccc([NH+]=c2ccn(-c3cccc(-c4cccc(-n5ccc(=[NH+]c6ccccc6)c6ccccc65)c4)c3)c3ccccc23)cc1. The van der Waals surface area contributed by atoms with Gasteiger partial charge in [0, 0.05) is 60.2 Å². The van der Waals surface area contributed by atoms with Crippen LogP contribution in [0.1, 0.15) is 0 Å². The minimum Gasteiger partial charge on any atom is -0.316 e. The van der Waals surface area contributed by atoms with Gasteiger partial charge in [-0.3, -0.25) is 0 Å². The Balaban J connectivity index is 1.20. The van der Waals surface area contributed by atoms with E-state index >= 15 is 0 Å². The summed E-state index contributed by atoms with van der Waals surface area (Å²) < 4.78 is 4.53. The summed E-state index contributed by atoms with van der Waals surface area (Å²) in [5, 5.41) is 4.48. The molecule has 0 bridgehead atoms. The fourth-order valence-corrected chi connectivity index (χ4v) is 6.15. The van der Waals surface area contributed by atoms with Gasteiger partial charge < -0.3 is 9.13 Å². The number of benzene rings is 6. The van der Waals surface area contributed by atoms with E-state index in [-0.39, 0.29) is 0 Å². The maximum absolute atomic E-state index is 3.59. The van der Waals surface area contributed by atoms with E-state index in [0.717, 1.165) is 66.4 Å². The van der Waals surface area contributed by atoms with Crippen LogP contribution in [-0.4, -0.2) is 9.13 Å². The predicted molar refractivity (Wildman–Crippen MR) is 186 cm³/mol. The molecule has 0 amide bonds. The van der Waals surface area contributed by atoms with Gasteiger partial charge in [0.25, 0.3) is 0 Å². The Morgan fingerprint density at radius 1 is 0.348 bits per heavy atom. The first-order valence-corrected chi connectivity index (χ1v) is 15.5. The number of hydrogen-bond acceptors (Lipinski definition) is 0. The molecule has 4 nitrogen and oxygen atoms in total. The lowest BCUT2D eigenvalue weighted by Crippen LogP contribution is -2.70. The second-order valence-corrected chi connectivity index (χ2v) is 11.3. The molecule has 0 unspecified atom stereocenters. The lowest BCUT2D eigenvalue weighted by atomic mass is 10.0. The molecule has 2 heterocycles. The van der Waals surface area contributed by atoms with Crippen molar-refractivity contribution < 1.29 is 9.98 Å². The number of fused-ring (bicyclic) bond motifs is 2. The van der Waals surface area contributed by atoms with Crippen LogP contribution in [0.25, 0.3) is 44.3 Å². The molecule has 6 aromatic carbocycles. The molecule has 8 aromatic rings. The summed E-state index contributed by atoms with van der Waals surface area (Å²) in [6.45, 7) is 0. The smallest absolute Gasteiger partial charge is 0.214 e. The van der Waals surface area contributed by atoms with Crippen molar-refractivity contribution in [2.24, 2.45) is 0 Å². The largest absolute Gasteiger partial charge is 0.316 e. The van der Waals surface area contributed by atoms with Gasteiger partial charge in [-0.05, 0) is 59.7 Å². The predicted octanol–water partition coefficient (Wildman–Crippen LogP) is 5.87. The molecule has 0 fully saturated rings. The van der Waals surface area contributed by atoms with E-state index in [1.54, 1.807) is 0 Å². The van der Waals surface area contributed by atoms with E-state index in [2.05, 4.69) is 165 Å². The van der Waals surface area contributed by atoms with Gasteiger partial charge in [0.05, 0.1) is 21.8 Å². The molecule has 4 heteroatoms. The Labute approximate surface area is 267 Å². The number of aromatic nitrogens is 2. The molecule has 0 aliphatic carbocycles. The van der Waals surface area contributed by atoms with Crippen LogP contribution in [0.5, 0.6) is 0 Å². The maximum Gasteiger partial charge on any atom is 0.214 e. The van der Waals surface area contributed by atoms with Gasteiger partial charge in [-0.2, -0.15) is 0 Å².